The molecule has 0 amide bonds. The second-order valence-corrected chi connectivity index (χ2v) is 13.2. The highest BCUT2D eigenvalue weighted by atomic mass is 32.2. The van der Waals surface area contributed by atoms with Crippen LogP contribution in [-0.4, -0.2) is 63.6 Å². The summed E-state index contributed by atoms with van der Waals surface area (Å²) in [6.07, 6.45) is 3.63. The molecule has 1 aromatic carbocycles. The van der Waals surface area contributed by atoms with Crippen molar-refractivity contribution in [3.8, 4) is 23.3 Å². The van der Waals surface area contributed by atoms with Crippen LogP contribution in [0.4, 0.5) is 0 Å². The number of nitriles is 1. The van der Waals surface area contributed by atoms with Crippen LogP contribution in [0.1, 0.15) is 24.1 Å². The zero-order valence-corrected chi connectivity index (χ0v) is 24.6. The Morgan fingerprint density at radius 1 is 1.12 bits per heavy atom. The Hall–Kier alpha value is -3.74. The number of nitrogens with one attached hydrogen (secondary N) is 5. The van der Waals surface area contributed by atoms with Gasteiger partial charge in [0.15, 0.2) is 11.5 Å². The molecule has 2 heterocycles. The molecule has 1 atom stereocenters. The maximum atomic E-state index is 13.2. The van der Waals surface area contributed by atoms with Crippen LogP contribution in [0.3, 0.4) is 0 Å². The van der Waals surface area contributed by atoms with Crippen molar-refractivity contribution in [3.63, 3.8) is 0 Å². The van der Waals surface area contributed by atoms with Crippen molar-refractivity contribution in [1.82, 2.24) is 20.3 Å². The van der Waals surface area contributed by atoms with E-state index in [0.29, 0.717) is 66.3 Å². The number of sulfonamides is 1. The van der Waals surface area contributed by atoms with Crippen LogP contribution in [0.25, 0.3) is 10.1 Å². The monoisotopic (exact) mass is 623 g/mol. The highest BCUT2D eigenvalue weighted by molar-refractivity contribution is 7.92. The largest absolute Gasteiger partial charge is 0.490 e. The second kappa shape index (κ2) is 14.8. The molecule has 41 heavy (non-hydrogen) atoms. The Kier molecular flexibility index (Phi) is 11.4. The van der Waals surface area contributed by atoms with E-state index >= 15 is 0 Å². The first-order valence-corrected chi connectivity index (χ1v) is 16.3. The number of aryl methyl sites for hydroxylation is 1. The fourth-order valence-corrected chi connectivity index (χ4v) is 7.79. The molecule has 3 aromatic rings. The molecule has 1 unspecified atom stereocenters. The number of hydrogen-bond acceptors (Lipinski definition) is 11. The lowest BCUT2D eigenvalue weighted by Gasteiger charge is -2.14. The predicted octanol–water partition coefficient (Wildman–Crippen LogP) is 2.91. The van der Waals surface area contributed by atoms with Crippen molar-refractivity contribution in [2.24, 2.45) is 0 Å². The van der Waals surface area contributed by atoms with Crippen LogP contribution in [0.2, 0.25) is 0 Å². The second-order valence-electron chi connectivity index (χ2n) is 8.44. The van der Waals surface area contributed by atoms with Gasteiger partial charge in [-0.3, -0.25) is 10.8 Å². The summed E-state index contributed by atoms with van der Waals surface area (Å²) in [4.78, 5) is 14.0. The van der Waals surface area contributed by atoms with E-state index in [1.54, 1.807) is 19.1 Å². The zero-order chi connectivity index (χ0) is 29.9. The van der Waals surface area contributed by atoms with Crippen LogP contribution in [0, 0.1) is 29.1 Å². The fourth-order valence-electron chi connectivity index (χ4n) is 3.47. The molecule has 220 valence electrons. The molecule has 0 bridgehead atoms. The Labute approximate surface area is 241 Å². The van der Waals surface area contributed by atoms with Gasteiger partial charge in [0.2, 0.25) is 0 Å². The molecule has 0 fully saturated rings. The van der Waals surface area contributed by atoms with Crippen molar-refractivity contribution < 1.29 is 31.9 Å². The van der Waals surface area contributed by atoms with Gasteiger partial charge in [0.1, 0.15) is 28.0 Å². The maximum Gasteiger partial charge on any atom is 0.391 e. The molecule has 0 radical (unpaired) electrons. The molecule has 0 saturated heterocycles. The SMILES string of the molecule is Cc1c(S(=O)(=O)NCP(=O)(O)Oc2ccc(C#N)nc2)sc2cc(OCCCNC=N)c(OCCCNC=N)cc12. The van der Waals surface area contributed by atoms with Gasteiger partial charge in [-0.2, -0.15) is 9.98 Å². The minimum absolute atomic E-state index is 0.0407. The highest BCUT2D eigenvalue weighted by Gasteiger charge is 2.28. The fraction of sp³-hybridized carbons (Fsp3) is 0.333. The molecular formula is C24H30N7O7PS2. The van der Waals surface area contributed by atoms with Crippen LogP contribution >= 0.6 is 18.9 Å². The molecular weight excluding hydrogens is 593 g/mol. The van der Waals surface area contributed by atoms with Gasteiger partial charge in [-0.05, 0) is 43.5 Å². The van der Waals surface area contributed by atoms with Crippen molar-refractivity contribution in [2.75, 3.05) is 32.6 Å². The molecule has 14 nitrogen and oxygen atoms in total. The zero-order valence-electron chi connectivity index (χ0n) is 22.0. The van der Waals surface area contributed by atoms with Gasteiger partial charge in [0.25, 0.3) is 10.0 Å². The number of nitrogens with zero attached hydrogens (tertiary/aromatic N) is 2. The van der Waals surface area contributed by atoms with Crippen molar-refractivity contribution in [1.29, 1.82) is 16.1 Å². The Bertz CT molecular complexity index is 1560. The first-order chi connectivity index (χ1) is 19.6. The number of aromatic nitrogens is 1. The van der Waals surface area contributed by atoms with E-state index in [2.05, 4.69) is 20.3 Å². The Balaban J connectivity index is 1.79. The molecule has 2 aromatic heterocycles. The Morgan fingerprint density at radius 2 is 1.76 bits per heavy atom. The average molecular weight is 624 g/mol. The van der Waals surface area contributed by atoms with Gasteiger partial charge >= 0.3 is 7.60 Å². The summed E-state index contributed by atoms with van der Waals surface area (Å²) >= 11 is 0.979. The number of ether oxygens (including phenoxy) is 2. The van der Waals surface area contributed by atoms with Gasteiger partial charge in [-0.1, -0.05) is 0 Å². The average Bonchev–Trinajstić information content (AvgIpc) is 3.28. The molecule has 0 aliphatic carbocycles. The van der Waals surface area contributed by atoms with E-state index < -0.39 is 23.9 Å². The van der Waals surface area contributed by atoms with Crippen molar-refractivity contribution in [2.45, 2.75) is 24.0 Å². The lowest BCUT2D eigenvalue weighted by molar-refractivity contribution is 0.264. The number of pyridine rings is 1. The van der Waals surface area contributed by atoms with Gasteiger partial charge in [0, 0.05) is 29.2 Å². The Morgan fingerprint density at radius 3 is 2.32 bits per heavy atom. The topological polar surface area (TPSA) is 220 Å². The van der Waals surface area contributed by atoms with Crippen LogP contribution in [0.15, 0.2) is 34.7 Å². The normalized spacial score (nSPS) is 12.6. The quantitative estimate of drug-likeness (QED) is 0.0523. The summed E-state index contributed by atoms with van der Waals surface area (Å²) in [6, 6.07) is 7.80. The molecule has 0 saturated carbocycles. The van der Waals surface area contributed by atoms with E-state index in [-0.39, 0.29) is 15.7 Å². The summed E-state index contributed by atoms with van der Waals surface area (Å²) in [5.41, 5.74) is 0.521. The minimum atomic E-state index is -4.45. The number of fused-ring (bicyclic) bond motifs is 1. The minimum Gasteiger partial charge on any atom is -0.490 e. The van der Waals surface area contributed by atoms with Gasteiger partial charge in [0.05, 0.1) is 32.1 Å². The summed E-state index contributed by atoms with van der Waals surface area (Å²) in [5.74, 6) is 0.763. The van der Waals surface area contributed by atoms with E-state index in [1.807, 2.05) is 6.07 Å². The molecule has 6 N–H and O–H groups in total. The van der Waals surface area contributed by atoms with Gasteiger partial charge in [-0.25, -0.2) is 18.0 Å². The number of rotatable bonds is 18. The third kappa shape index (κ3) is 9.13. The van der Waals surface area contributed by atoms with E-state index in [0.717, 1.165) is 30.2 Å². The van der Waals surface area contributed by atoms with Crippen LogP contribution in [0.5, 0.6) is 17.2 Å². The smallest absolute Gasteiger partial charge is 0.391 e. The molecule has 0 spiro atoms. The summed E-state index contributed by atoms with van der Waals surface area (Å²) in [5, 5.41) is 29.1. The van der Waals surface area contributed by atoms with Gasteiger partial charge in [-0.15, -0.1) is 11.3 Å². The molecule has 0 aliphatic rings. The lowest BCUT2D eigenvalue weighted by Crippen LogP contribution is -2.25. The molecule has 3 rings (SSSR count). The number of hydrogen-bond donors (Lipinski definition) is 6. The predicted molar refractivity (Wildman–Crippen MR) is 155 cm³/mol. The van der Waals surface area contributed by atoms with E-state index in [9.17, 15) is 17.9 Å². The van der Waals surface area contributed by atoms with E-state index in [1.165, 1.54) is 12.1 Å². The third-order valence-corrected chi connectivity index (χ3v) is 9.95. The van der Waals surface area contributed by atoms with E-state index in [4.69, 9.17) is 30.1 Å². The number of benzene rings is 1. The van der Waals surface area contributed by atoms with Crippen molar-refractivity contribution >= 4 is 51.7 Å². The molecule has 17 heteroatoms. The third-order valence-electron chi connectivity index (χ3n) is 5.41. The highest BCUT2D eigenvalue weighted by Crippen LogP contribution is 2.43. The first kappa shape index (κ1) is 31.8. The van der Waals surface area contributed by atoms with Crippen LogP contribution < -0.4 is 29.4 Å². The summed E-state index contributed by atoms with van der Waals surface area (Å²) in [6.45, 7) is 3.38. The maximum absolute atomic E-state index is 13.2. The lowest BCUT2D eigenvalue weighted by atomic mass is 10.2. The van der Waals surface area contributed by atoms with Gasteiger partial charge < -0.3 is 29.5 Å². The van der Waals surface area contributed by atoms with Crippen LogP contribution in [-0.2, 0) is 14.6 Å². The molecule has 0 aliphatic heterocycles. The summed E-state index contributed by atoms with van der Waals surface area (Å²) in [7, 11) is -8.66. The summed E-state index contributed by atoms with van der Waals surface area (Å²) < 4.78 is 58.5. The van der Waals surface area contributed by atoms with Crippen molar-refractivity contribution in [3.05, 3.63) is 41.7 Å². The first-order valence-electron chi connectivity index (χ1n) is 12.2. The number of thiophene rings is 1. The standard InChI is InChI=1S/C24H30N7O7PS2/c1-17-20-10-21(36-8-2-6-28-14-26)22(37-9-3-7-29-15-27)11-23(20)40-24(17)41(34,35)31-16-39(32,33)38-19-5-4-18(12-25)30-13-19/h4-5,10-11,13-15,31H,2-3,6-9,16H2,1H3,(H2,26,28)(H2,27,29)(H,32,33).